The van der Waals surface area contributed by atoms with Crippen molar-refractivity contribution in [2.24, 2.45) is 0 Å². The number of para-hydroxylation sites is 2. The lowest BCUT2D eigenvalue weighted by molar-refractivity contribution is 0.0397. The van der Waals surface area contributed by atoms with E-state index in [1.807, 2.05) is 28.8 Å². The van der Waals surface area contributed by atoms with E-state index in [9.17, 15) is 9.59 Å². The van der Waals surface area contributed by atoms with E-state index in [2.05, 4.69) is 16.9 Å². The lowest BCUT2D eigenvalue weighted by atomic mass is 9.82. The van der Waals surface area contributed by atoms with Crippen molar-refractivity contribution < 1.29 is 9.53 Å². The molecule has 0 spiro atoms. The number of benzene rings is 1. The van der Waals surface area contributed by atoms with E-state index >= 15 is 0 Å². The van der Waals surface area contributed by atoms with E-state index in [0.29, 0.717) is 17.6 Å². The average Bonchev–Trinajstić information content (AvgIpc) is 2.61. The lowest BCUT2D eigenvalue weighted by Gasteiger charge is -2.47. The molecule has 2 bridgehead atoms. The summed E-state index contributed by atoms with van der Waals surface area (Å²) in [7, 11) is 2.20. The fraction of sp³-hybridized carbons (Fsp3) is 0.550. The summed E-state index contributed by atoms with van der Waals surface area (Å²) in [5.41, 5.74) is 1.04. The quantitative estimate of drug-likeness (QED) is 0.792. The van der Waals surface area contributed by atoms with E-state index in [1.54, 1.807) is 6.92 Å². The van der Waals surface area contributed by atoms with Crippen LogP contribution in [0.3, 0.4) is 0 Å². The van der Waals surface area contributed by atoms with Crippen LogP contribution < -0.4 is 5.56 Å². The molecule has 0 amide bonds. The standard InChI is InChI=1S/C20H25N3O3/c1-3-26-20(25)18-19(24)23(17-10-5-4-9-16(17)21-18)15-11-13-7-6-8-14(12-15)22(13)2/h4-5,9-10,13-15H,3,6-8,11-12H2,1-2H3/t13-,14+,15+. The van der Waals surface area contributed by atoms with Gasteiger partial charge in [0.25, 0.3) is 5.56 Å². The minimum atomic E-state index is -0.634. The summed E-state index contributed by atoms with van der Waals surface area (Å²) >= 11 is 0. The first-order valence-corrected chi connectivity index (χ1v) is 9.50. The Balaban J connectivity index is 1.84. The molecule has 2 aromatic rings. The molecule has 2 fully saturated rings. The smallest absolute Gasteiger partial charge is 0.362 e. The van der Waals surface area contributed by atoms with Crippen LogP contribution in [-0.4, -0.2) is 46.2 Å². The second kappa shape index (κ2) is 6.83. The molecule has 6 nitrogen and oxygen atoms in total. The van der Waals surface area contributed by atoms with Gasteiger partial charge in [0.05, 0.1) is 17.6 Å². The van der Waals surface area contributed by atoms with E-state index in [-0.39, 0.29) is 23.9 Å². The first-order chi connectivity index (χ1) is 12.6. The van der Waals surface area contributed by atoms with Gasteiger partial charge in [-0.2, -0.15) is 0 Å². The zero-order valence-electron chi connectivity index (χ0n) is 15.4. The molecule has 1 aromatic heterocycles. The molecule has 3 heterocycles. The van der Waals surface area contributed by atoms with Crippen molar-refractivity contribution in [3.05, 3.63) is 40.3 Å². The van der Waals surface area contributed by atoms with E-state index in [4.69, 9.17) is 4.74 Å². The molecule has 6 heteroatoms. The fourth-order valence-corrected chi connectivity index (χ4v) is 4.65. The maximum absolute atomic E-state index is 13.2. The van der Waals surface area contributed by atoms with Crippen molar-refractivity contribution >= 4 is 17.0 Å². The summed E-state index contributed by atoms with van der Waals surface area (Å²) in [4.78, 5) is 32.3. The predicted molar refractivity (Wildman–Crippen MR) is 99.4 cm³/mol. The zero-order chi connectivity index (χ0) is 18.3. The summed E-state index contributed by atoms with van der Waals surface area (Å²) in [6, 6.07) is 8.66. The molecule has 2 aliphatic rings. The van der Waals surface area contributed by atoms with Crippen LogP contribution in [0.2, 0.25) is 0 Å². The van der Waals surface area contributed by atoms with Gasteiger partial charge in [-0.25, -0.2) is 9.78 Å². The molecular formula is C20H25N3O3. The van der Waals surface area contributed by atoms with Crippen LogP contribution in [0.4, 0.5) is 0 Å². The Kier molecular flexibility index (Phi) is 4.53. The maximum atomic E-state index is 13.2. The molecule has 0 radical (unpaired) electrons. The minimum absolute atomic E-state index is 0.0927. The molecule has 0 unspecified atom stereocenters. The molecule has 26 heavy (non-hydrogen) atoms. The zero-order valence-corrected chi connectivity index (χ0v) is 15.4. The molecular weight excluding hydrogens is 330 g/mol. The maximum Gasteiger partial charge on any atom is 0.362 e. The second-order valence-electron chi connectivity index (χ2n) is 7.37. The molecule has 138 valence electrons. The minimum Gasteiger partial charge on any atom is -0.461 e. The molecule has 0 N–H and O–H groups in total. The summed E-state index contributed by atoms with van der Waals surface area (Å²) in [5.74, 6) is -0.634. The van der Waals surface area contributed by atoms with Crippen LogP contribution in [0.25, 0.3) is 11.0 Å². The molecule has 3 atom stereocenters. The molecule has 1 aromatic carbocycles. The Morgan fingerprint density at radius 3 is 2.58 bits per heavy atom. The van der Waals surface area contributed by atoms with Gasteiger partial charge in [0.15, 0.2) is 0 Å². The highest BCUT2D eigenvalue weighted by molar-refractivity contribution is 5.89. The van der Waals surface area contributed by atoms with Crippen LogP contribution in [0.1, 0.15) is 55.6 Å². The Morgan fingerprint density at radius 2 is 1.88 bits per heavy atom. The van der Waals surface area contributed by atoms with Gasteiger partial charge in [0, 0.05) is 18.1 Å². The van der Waals surface area contributed by atoms with Crippen molar-refractivity contribution in [2.75, 3.05) is 13.7 Å². The van der Waals surface area contributed by atoms with Crippen LogP contribution in [-0.2, 0) is 4.74 Å². The first kappa shape index (κ1) is 17.2. The first-order valence-electron chi connectivity index (χ1n) is 9.50. The number of carbonyl (C=O) groups is 1. The molecule has 2 saturated heterocycles. The van der Waals surface area contributed by atoms with Crippen LogP contribution >= 0.6 is 0 Å². The van der Waals surface area contributed by atoms with Gasteiger partial charge in [-0.15, -0.1) is 0 Å². The number of piperidine rings is 2. The number of nitrogens with zero attached hydrogens (tertiary/aromatic N) is 3. The van der Waals surface area contributed by atoms with Crippen molar-refractivity contribution in [1.29, 1.82) is 0 Å². The van der Waals surface area contributed by atoms with Gasteiger partial charge in [0.1, 0.15) is 0 Å². The molecule has 2 aliphatic heterocycles. The molecule has 0 aliphatic carbocycles. The number of rotatable bonds is 3. The normalized spacial score (nSPS) is 26.0. The van der Waals surface area contributed by atoms with Crippen LogP contribution in [0.5, 0.6) is 0 Å². The van der Waals surface area contributed by atoms with Gasteiger partial charge in [0.2, 0.25) is 5.69 Å². The number of esters is 1. The number of fused-ring (bicyclic) bond motifs is 3. The number of hydrogen-bond acceptors (Lipinski definition) is 5. The third-order valence-corrected chi connectivity index (χ3v) is 5.94. The Morgan fingerprint density at radius 1 is 1.19 bits per heavy atom. The summed E-state index contributed by atoms with van der Waals surface area (Å²) in [6.07, 6.45) is 5.47. The van der Waals surface area contributed by atoms with Crippen molar-refractivity contribution in [2.45, 2.75) is 57.2 Å². The fourth-order valence-electron chi connectivity index (χ4n) is 4.65. The summed E-state index contributed by atoms with van der Waals surface area (Å²) < 4.78 is 6.88. The molecule has 4 rings (SSSR count). The lowest BCUT2D eigenvalue weighted by Crippen LogP contribution is -2.51. The van der Waals surface area contributed by atoms with Gasteiger partial charge < -0.3 is 14.2 Å². The van der Waals surface area contributed by atoms with E-state index in [1.165, 1.54) is 19.3 Å². The van der Waals surface area contributed by atoms with Gasteiger partial charge in [-0.3, -0.25) is 4.79 Å². The SMILES string of the molecule is CCOC(=O)c1nc2ccccc2n([C@H]2C[C@H]3CCC[C@@H](C2)N3C)c1=O. The van der Waals surface area contributed by atoms with Gasteiger partial charge >= 0.3 is 5.97 Å². The monoisotopic (exact) mass is 355 g/mol. The number of carbonyl (C=O) groups excluding carboxylic acids is 1. The van der Waals surface area contributed by atoms with Crippen molar-refractivity contribution in [1.82, 2.24) is 14.5 Å². The third kappa shape index (κ3) is 2.82. The number of aromatic nitrogens is 2. The third-order valence-electron chi connectivity index (χ3n) is 5.94. The predicted octanol–water partition coefficient (Wildman–Crippen LogP) is 2.76. The highest BCUT2D eigenvalue weighted by Gasteiger charge is 2.38. The topological polar surface area (TPSA) is 64.4 Å². The average molecular weight is 355 g/mol. The van der Waals surface area contributed by atoms with E-state index in [0.717, 1.165) is 18.4 Å². The Labute approximate surface area is 152 Å². The molecule has 0 saturated carbocycles. The van der Waals surface area contributed by atoms with Gasteiger partial charge in [-0.05, 0) is 51.8 Å². The Bertz CT molecular complexity index is 877. The number of ether oxygens (including phenoxy) is 1. The summed E-state index contributed by atoms with van der Waals surface area (Å²) in [6.45, 7) is 1.96. The van der Waals surface area contributed by atoms with Crippen LogP contribution in [0, 0.1) is 0 Å². The van der Waals surface area contributed by atoms with E-state index < -0.39 is 5.97 Å². The highest BCUT2D eigenvalue weighted by Crippen LogP contribution is 2.38. The number of hydrogen-bond donors (Lipinski definition) is 0. The van der Waals surface area contributed by atoms with Crippen LogP contribution in [0.15, 0.2) is 29.1 Å². The summed E-state index contributed by atoms with van der Waals surface area (Å²) in [5, 5.41) is 0. The van der Waals surface area contributed by atoms with Crippen molar-refractivity contribution in [3.63, 3.8) is 0 Å². The van der Waals surface area contributed by atoms with Crippen molar-refractivity contribution in [3.8, 4) is 0 Å². The van der Waals surface area contributed by atoms with Gasteiger partial charge in [-0.1, -0.05) is 18.6 Å². The Hall–Kier alpha value is -2.21. The highest BCUT2D eigenvalue weighted by atomic mass is 16.5. The largest absolute Gasteiger partial charge is 0.461 e. The second-order valence-corrected chi connectivity index (χ2v) is 7.37.